The van der Waals surface area contributed by atoms with Crippen LogP contribution in [0.5, 0.6) is 0 Å². The van der Waals surface area contributed by atoms with Crippen LogP contribution in [-0.4, -0.2) is 6.21 Å². The smallest absolute Gasteiger partial charge is 0.190 e. The van der Waals surface area contributed by atoms with Crippen molar-refractivity contribution in [3.05, 3.63) is 33.6 Å². The third kappa shape index (κ3) is 1.27. The fourth-order valence-corrected chi connectivity index (χ4v) is 2.63. The zero-order valence-electron chi connectivity index (χ0n) is 8.00. The van der Waals surface area contributed by atoms with Crippen LogP contribution in [-0.2, 0) is 5.41 Å². The van der Waals surface area contributed by atoms with Crippen molar-refractivity contribution >= 4 is 33.5 Å². The first-order chi connectivity index (χ1) is 6.54. The van der Waals surface area contributed by atoms with Gasteiger partial charge in [-0.25, -0.2) is 4.85 Å². The van der Waals surface area contributed by atoms with Crippen molar-refractivity contribution in [1.29, 1.82) is 0 Å². The van der Waals surface area contributed by atoms with Gasteiger partial charge in [-0.2, -0.15) is 0 Å². The zero-order valence-corrected chi connectivity index (χ0v) is 9.59. The fraction of sp³-hybridized carbons (Fsp3) is 0.273. The average Bonchev–Trinajstić information content (AvgIpc) is 2.42. The highest BCUT2D eigenvalue weighted by molar-refractivity contribution is 9.10. The Morgan fingerprint density at radius 3 is 2.79 bits per heavy atom. The number of aliphatic imine (C=N–C) groups is 1. The van der Waals surface area contributed by atoms with Crippen LogP contribution >= 0.6 is 15.9 Å². The molecule has 1 heterocycles. The van der Waals surface area contributed by atoms with Crippen LogP contribution in [0.2, 0.25) is 0 Å². The molecule has 0 aromatic heterocycles. The number of benzene rings is 1. The predicted molar refractivity (Wildman–Crippen MR) is 61.6 cm³/mol. The minimum Gasteiger partial charge on any atom is -0.261 e. The van der Waals surface area contributed by atoms with Gasteiger partial charge in [-0.05, 0) is 12.1 Å². The first kappa shape index (κ1) is 9.42. The number of nitrogens with zero attached hydrogens (tertiary/aromatic N) is 2. The standard InChI is InChI=1S/C11H9BrN2/c1-11(2)6-14-9-5-7(13-3)4-8(12)10(9)11/h4-6H,1-2H3. The number of fused-ring (bicyclic) bond motifs is 1. The van der Waals surface area contributed by atoms with E-state index >= 15 is 0 Å². The molecule has 0 saturated heterocycles. The lowest BCUT2D eigenvalue weighted by molar-refractivity contribution is 0.749. The van der Waals surface area contributed by atoms with Crippen LogP contribution in [0.25, 0.3) is 4.85 Å². The van der Waals surface area contributed by atoms with Crippen molar-refractivity contribution in [2.75, 3.05) is 0 Å². The number of halogens is 1. The maximum absolute atomic E-state index is 6.95. The Hall–Kier alpha value is -1.14. The summed E-state index contributed by atoms with van der Waals surface area (Å²) in [4.78, 5) is 7.73. The van der Waals surface area contributed by atoms with E-state index in [0.29, 0.717) is 5.69 Å². The molecule has 3 heteroatoms. The highest BCUT2D eigenvalue weighted by Gasteiger charge is 2.29. The molecule has 14 heavy (non-hydrogen) atoms. The second kappa shape index (κ2) is 2.93. The van der Waals surface area contributed by atoms with E-state index in [9.17, 15) is 0 Å². The van der Waals surface area contributed by atoms with Gasteiger partial charge in [0.15, 0.2) is 5.69 Å². The molecule has 0 unspecified atom stereocenters. The molecule has 0 spiro atoms. The molecule has 0 bridgehead atoms. The summed E-state index contributed by atoms with van der Waals surface area (Å²) >= 11 is 3.49. The molecule has 2 rings (SSSR count). The van der Waals surface area contributed by atoms with Crippen molar-refractivity contribution < 1.29 is 0 Å². The van der Waals surface area contributed by atoms with Gasteiger partial charge in [-0.3, -0.25) is 4.99 Å². The van der Waals surface area contributed by atoms with Crippen molar-refractivity contribution in [3.8, 4) is 0 Å². The van der Waals surface area contributed by atoms with Crippen molar-refractivity contribution in [2.24, 2.45) is 4.99 Å². The molecule has 0 saturated carbocycles. The van der Waals surface area contributed by atoms with Crippen LogP contribution in [0.1, 0.15) is 19.4 Å². The molecule has 0 fully saturated rings. The molecule has 0 N–H and O–H groups in total. The molecule has 0 radical (unpaired) electrons. The minimum absolute atomic E-state index is 0.0330. The summed E-state index contributed by atoms with van der Waals surface area (Å²) in [6.07, 6.45) is 1.93. The maximum atomic E-state index is 6.95. The van der Waals surface area contributed by atoms with Gasteiger partial charge in [0, 0.05) is 21.7 Å². The highest BCUT2D eigenvalue weighted by atomic mass is 79.9. The second-order valence-corrected chi connectivity index (χ2v) is 4.77. The Morgan fingerprint density at radius 2 is 2.14 bits per heavy atom. The Bertz CT molecular complexity index is 467. The van der Waals surface area contributed by atoms with Gasteiger partial charge in [0.25, 0.3) is 0 Å². The van der Waals surface area contributed by atoms with Crippen LogP contribution in [0.3, 0.4) is 0 Å². The van der Waals surface area contributed by atoms with Crippen molar-refractivity contribution in [2.45, 2.75) is 19.3 Å². The van der Waals surface area contributed by atoms with Crippen LogP contribution < -0.4 is 0 Å². The maximum Gasteiger partial charge on any atom is 0.190 e. The molecule has 0 amide bonds. The average molecular weight is 249 g/mol. The lowest BCUT2D eigenvalue weighted by Crippen LogP contribution is -2.15. The number of rotatable bonds is 0. The van der Waals surface area contributed by atoms with Gasteiger partial charge in [-0.15, -0.1) is 0 Å². The SMILES string of the molecule is [C-]#[N+]c1cc(Br)c2c(c1)N=CC2(C)C. The normalized spacial score (nSPS) is 16.4. The quantitative estimate of drug-likeness (QED) is 0.618. The molecular formula is C11H9BrN2. The third-order valence-electron chi connectivity index (χ3n) is 2.35. The van der Waals surface area contributed by atoms with Gasteiger partial charge >= 0.3 is 0 Å². The van der Waals surface area contributed by atoms with Gasteiger partial charge in [0.1, 0.15) is 0 Å². The molecule has 2 nitrogen and oxygen atoms in total. The number of hydrogen-bond acceptors (Lipinski definition) is 1. The summed E-state index contributed by atoms with van der Waals surface area (Å²) in [6, 6.07) is 3.68. The lowest BCUT2D eigenvalue weighted by Gasteiger charge is -2.17. The van der Waals surface area contributed by atoms with Crippen LogP contribution in [0.4, 0.5) is 11.4 Å². The topological polar surface area (TPSA) is 16.7 Å². The van der Waals surface area contributed by atoms with Crippen LogP contribution in [0.15, 0.2) is 21.6 Å². The van der Waals surface area contributed by atoms with Gasteiger partial charge in [0.05, 0.1) is 12.3 Å². The largest absolute Gasteiger partial charge is 0.261 e. The first-order valence-electron chi connectivity index (χ1n) is 4.31. The van der Waals surface area contributed by atoms with E-state index < -0.39 is 0 Å². The first-order valence-corrected chi connectivity index (χ1v) is 5.10. The van der Waals surface area contributed by atoms with Gasteiger partial charge in [-0.1, -0.05) is 29.8 Å². The summed E-state index contributed by atoms with van der Waals surface area (Å²) in [5.74, 6) is 0. The van der Waals surface area contributed by atoms with Gasteiger partial charge < -0.3 is 0 Å². The predicted octanol–water partition coefficient (Wildman–Crippen LogP) is 3.99. The molecule has 1 aromatic rings. The summed E-state index contributed by atoms with van der Waals surface area (Å²) < 4.78 is 0.975. The fourth-order valence-electron chi connectivity index (χ4n) is 1.68. The van der Waals surface area contributed by atoms with Crippen molar-refractivity contribution in [1.82, 2.24) is 0 Å². The summed E-state index contributed by atoms with van der Waals surface area (Å²) in [7, 11) is 0. The van der Waals surface area contributed by atoms with E-state index in [4.69, 9.17) is 6.57 Å². The number of hydrogen-bond donors (Lipinski definition) is 0. The molecule has 1 aliphatic rings. The molecular weight excluding hydrogens is 240 g/mol. The van der Waals surface area contributed by atoms with E-state index in [0.717, 1.165) is 10.2 Å². The summed E-state index contributed by atoms with van der Waals surface area (Å²) in [5, 5.41) is 0. The molecule has 1 aliphatic heterocycles. The third-order valence-corrected chi connectivity index (χ3v) is 2.98. The Kier molecular flexibility index (Phi) is 1.97. The van der Waals surface area contributed by atoms with E-state index in [1.54, 1.807) is 0 Å². The van der Waals surface area contributed by atoms with E-state index in [1.807, 2.05) is 18.3 Å². The zero-order chi connectivity index (χ0) is 10.3. The second-order valence-electron chi connectivity index (χ2n) is 3.91. The minimum atomic E-state index is -0.0330. The molecule has 1 aromatic carbocycles. The summed E-state index contributed by atoms with van der Waals surface area (Å²) in [6.45, 7) is 11.2. The Labute approximate surface area is 91.6 Å². The van der Waals surface area contributed by atoms with Crippen molar-refractivity contribution in [3.63, 3.8) is 0 Å². The van der Waals surface area contributed by atoms with E-state index in [1.165, 1.54) is 5.56 Å². The molecule has 70 valence electrons. The molecule has 0 atom stereocenters. The lowest BCUT2D eigenvalue weighted by atomic mass is 9.87. The summed E-state index contributed by atoms with van der Waals surface area (Å²) in [5.41, 5.74) is 2.68. The van der Waals surface area contributed by atoms with Crippen LogP contribution in [0, 0.1) is 6.57 Å². The van der Waals surface area contributed by atoms with E-state index in [2.05, 4.69) is 39.6 Å². The highest BCUT2D eigenvalue weighted by Crippen LogP contribution is 2.43. The Morgan fingerprint density at radius 1 is 1.43 bits per heavy atom. The molecule has 0 aliphatic carbocycles. The van der Waals surface area contributed by atoms with E-state index in [-0.39, 0.29) is 5.41 Å². The Balaban J connectivity index is 2.71. The monoisotopic (exact) mass is 248 g/mol. The van der Waals surface area contributed by atoms with Gasteiger partial charge in [0.2, 0.25) is 0 Å².